The Balaban J connectivity index is 3.03. The molecule has 0 atom stereocenters. The van der Waals surface area contributed by atoms with E-state index in [-0.39, 0.29) is 0 Å². The highest BCUT2D eigenvalue weighted by molar-refractivity contribution is 6.17. The van der Waals surface area contributed by atoms with E-state index in [1.165, 1.54) is 70.6 Å². The average molecular weight is 701 g/mol. The SMILES string of the molecule is CCCCCCCCCCCCOCCOCCOCCOCCOCCOCCOCCOCCOCCOCCCCCCCl. The minimum absolute atomic E-state index is 0.530. The number of rotatable bonds is 44. The monoisotopic (exact) mass is 700 g/mol. The minimum atomic E-state index is 0.530. The molecule has 0 aromatic carbocycles. The van der Waals surface area contributed by atoms with E-state index in [0.29, 0.717) is 119 Å². The van der Waals surface area contributed by atoms with Gasteiger partial charge in [0.15, 0.2) is 0 Å². The Bertz CT molecular complexity index is 492. The molecule has 0 fully saturated rings. The lowest BCUT2D eigenvalue weighted by molar-refractivity contribution is -0.0264. The van der Waals surface area contributed by atoms with E-state index in [1.54, 1.807) is 0 Å². The summed E-state index contributed by atoms with van der Waals surface area (Å²) in [6, 6.07) is 0. The molecule has 0 amide bonds. The van der Waals surface area contributed by atoms with E-state index in [2.05, 4.69) is 6.92 Å². The third-order valence-corrected chi connectivity index (χ3v) is 7.43. The Labute approximate surface area is 293 Å². The molecule has 0 aliphatic rings. The van der Waals surface area contributed by atoms with E-state index in [4.69, 9.17) is 59.0 Å². The van der Waals surface area contributed by atoms with E-state index in [9.17, 15) is 0 Å². The van der Waals surface area contributed by atoms with Gasteiger partial charge in [-0.2, -0.15) is 0 Å². The fraction of sp³-hybridized carbons (Fsp3) is 1.00. The molecule has 0 spiro atoms. The number of ether oxygens (including phenoxy) is 10. The predicted octanol–water partition coefficient (Wildman–Crippen LogP) is 6.87. The van der Waals surface area contributed by atoms with Gasteiger partial charge in [-0.25, -0.2) is 0 Å². The predicted molar refractivity (Wildman–Crippen MR) is 189 cm³/mol. The van der Waals surface area contributed by atoms with Crippen LogP contribution < -0.4 is 0 Å². The van der Waals surface area contributed by atoms with E-state index in [0.717, 1.165) is 38.4 Å². The molecule has 0 radical (unpaired) electrons. The van der Waals surface area contributed by atoms with Gasteiger partial charge >= 0.3 is 0 Å². The van der Waals surface area contributed by atoms with Crippen LogP contribution in [0.3, 0.4) is 0 Å². The summed E-state index contributed by atoms with van der Waals surface area (Å²) in [6.07, 6.45) is 18.0. The lowest BCUT2D eigenvalue weighted by atomic mass is 10.1. The second-order valence-electron chi connectivity index (χ2n) is 11.4. The normalized spacial score (nSPS) is 11.6. The van der Waals surface area contributed by atoms with Gasteiger partial charge in [-0.1, -0.05) is 77.6 Å². The number of alkyl halides is 1. The fourth-order valence-electron chi connectivity index (χ4n) is 4.43. The number of halogens is 1. The van der Waals surface area contributed by atoms with Crippen LogP contribution in [-0.4, -0.2) is 138 Å². The molecule has 0 aliphatic heterocycles. The largest absolute Gasteiger partial charge is 0.379 e. The summed E-state index contributed by atoms with van der Waals surface area (Å²) in [4.78, 5) is 0. The summed E-state index contributed by atoms with van der Waals surface area (Å²) in [5, 5.41) is 0. The Kier molecular flexibility index (Phi) is 45.8. The highest BCUT2D eigenvalue weighted by Gasteiger charge is 1.97. The van der Waals surface area contributed by atoms with Gasteiger partial charge in [0, 0.05) is 19.1 Å². The lowest BCUT2D eigenvalue weighted by Gasteiger charge is -2.09. The first-order valence-corrected chi connectivity index (χ1v) is 19.3. The van der Waals surface area contributed by atoms with Crippen molar-refractivity contribution in [3.05, 3.63) is 0 Å². The highest BCUT2D eigenvalue weighted by atomic mass is 35.5. The maximum absolute atomic E-state index is 5.66. The van der Waals surface area contributed by atoms with Crippen LogP contribution in [-0.2, 0) is 47.4 Å². The fourth-order valence-corrected chi connectivity index (χ4v) is 4.61. The summed E-state index contributed by atoms with van der Waals surface area (Å²) in [5.74, 6) is 0.747. The Morgan fingerprint density at radius 2 is 0.426 bits per heavy atom. The van der Waals surface area contributed by atoms with Gasteiger partial charge < -0.3 is 47.4 Å². The molecule has 0 rings (SSSR count). The van der Waals surface area contributed by atoms with Crippen molar-refractivity contribution in [1.29, 1.82) is 0 Å². The maximum atomic E-state index is 5.66. The Hall–Kier alpha value is -0.110. The van der Waals surface area contributed by atoms with Crippen LogP contribution >= 0.6 is 11.6 Å². The standard InChI is InChI=1S/C36H73ClO10/c1-2-3-4-5-6-7-8-9-11-14-17-38-19-21-40-23-25-42-27-29-44-31-33-46-35-36-47-34-32-45-30-28-43-26-24-41-22-20-39-18-15-12-10-13-16-37/h2-36H2,1H3. The van der Waals surface area contributed by atoms with E-state index < -0.39 is 0 Å². The smallest absolute Gasteiger partial charge is 0.0701 e. The second kappa shape index (κ2) is 45.9. The Morgan fingerprint density at radius 3 is 0.660 bits per heavy atom. The van der Waals surface area contributed by atoms with Crippen molar-refractivity contribution in [3.8, 4) is 0 Å². The quantitative estimate of drug-likeness (QED) is 0.0495. The molecule has 0 bridgehead atoms. The van der Waals surface area contributed by atoms with Crippen LogP contribution in [0.1, 0.15) is 96.8 Å². The van der Waals surface area contributed by atoms with Crippen molar-refractivity contribution < 1.29 is 47.4 Å². The van der Waals surface area contributed by atoms with Crippen molar-refractivity contribution in [2.24, 2.45) is 0 Å². The van der Waals surface area contributed by atoms with Gasteiger partial charge in [0.25, 0.3) is 0 Å². The van der Waals surface area contributed by atoms with Crippen LogP contribution in [0.5, 0.6) is 0 Å². The lowest BCUT2D eigenvalue weighted by Crippen LogP contribution is -2.15. The van der Waals surface area contributed by atoms with Crippen molar-refractivity contribution in [2.75, 3.05) is 138 Å². The molecule has 0 aromatic heterocycles. The molecule has 0 aromatic rings. The molecule has 47 heavy (non-hydrogen) atoms. The third kappa shape index (κ3) is 45.9. The van der Waals surface area contributed by atoms with Crippen molar-refractivity contribution >= 4 is 11.6 Å². The van der Waals surface area contributed by atoms with Gasteiger partial charge in [-0.15, -0.1) is 11.6 Å². The number of hydrogen-bond acceptors (Lipinski definition) is 10. The number of hydrogen-bond donors (Lipinski definition) is 0. The van der Waals surface area contributed by atoms with Crippen LogP contribution in [0, 0.1) is 0 Å². The zero-order valence-corrected chi connectivity index (χ0v) is 31.0. The molecule has 11 heteroatoms. The molecule has 0 unspecified atom stereocenters. The van der Waals surface area contributed by atoms with E-state index in [1.807, 2.05) is 0 Å². The summed E-state index contributed by atoms with van der Waals surface area (Å²) in [5.41, 5.74) is 0. The van der Waals surface area contributed by atoms with Gasteiger partial charge in [-0.05, 0) is 19.3 Å². The summed E-state index contributed by atoms with van der Waals surface area (Å²) in [6.45, 7) is 14.0. The summed E-state index contributed by atoms with van der Waals surface area (Å²) < 4.78 is 55.3. The molecule has 0 saturated carbocycles. The van der Waals surface area contributed by atoms with Crippen LogP contribution in [0.2, 0.25) is 0 Å². The highest BCUT2D eigenvalue weighted by Crippen LogP contribution is 2.10. The van der Waals surface area contributed by atoms with E-state index >= 15 is 0 Å². The molecule has 0 heterocycles. The first kappa shape index (κ1) is 46.9. The molecule has 0 N–H and O–H groups in total. The zero-order chi connectivity index (χ0) is 33.8. The molecular weight excluding hydrogens is 628 g/mol. The molecule has 0 saturated heterocycles. The third-order valence-electron chi connectivity index (χ3n) is 7.16. The minimum Gasteiger partial charge on any atom is -0.379 e. The van der Waals surface area contributed by atoms with Gasteiger partial charge in [0.2, 0.25) is 0 Å². The average Bonchev–Trinajstić information content (AvgIpc) is 3.08. The zero-order valence-electron chi connectivity index (χ0n) is 30.2. The molecular formula is C36H73ClO10. The molecule has 10 nitrogen and oxygen atoms in total. The summed E-state index contributed by atoms with van der Waals surface area (Å²) >= 11 is 5.66. The molecule has 284 valence electrons. The topological polar surface area (TPSA) is 92.3 Å². The Morgan fingerprint density at radius 1 is 0.234 bits per heavy atom. The van der Waals surface area contributed by atoms with Crippen LogP contribution in [0.4, 0.5) is 0 Å². The maximum Gasteiger partial charge on any atom is 0.0701 e. The van der Waals surface area contributed by atoms with Gasteiger partial charge in [0.1, 0.15) is 0 Å². The van der Waals surface area contributed by atoms with Crippen molar-refractivity contribution in [3.63, 3.8) is 0 Å². The van der Waals surface area contributed by atoms with Gasteiger partial charge in [-0.3, -0.25) is 0 Å². The first-order chi connectivity index (χ1) is 23.4. The van der Waals surface area contributed by atoms with Crippen molar-refractivity contribution in [1.82, 2.24) is 0 Å². The molecule has 0 aliphatic carbocycles. The summed E-state index contributed by atoms with van der Waals surface area (Å²) in [7, 11) is 0. The first-order valence-electron chi connectivity index (χ1n) is 18.7. The van der Waals surface area contributed by atoms with Crippen LogP contribution in [0.25, 0.3) is 0 Å². The van der Waals surface area contributed by atoms with Gasteiger partial charge in [0.05, 0.1) is 119 Å². The number of unbranched alkanes of at least 4 members (excludes halogenated alkanes) is 12. The van der Waals surface area contributed by atoms with Crippen LogP contribution in [0.15, 0.2) is 0 Å². The second-order valence-corrected chi connectivity index (χ2v) is 11.8. The van der Waals surface area contributed by atoms with Crippen molar-refractivity contribution in [2.45, 2.75) is 96.8 Å².